The van der Waals surface area contributed by atoms with Crippen molar-refractivity contribution >= 4 is 17.7 Å². The van der Waals surface area contributed by atoms with Gasteiger partial charge in [0.2, 0.25) is 0 Å². The molecule has 4 aliphatic rings. The third-order valence-corrected chi connectivity index (χ3v) is 7.51. The average Bonchev–Trinajstić information content (AvgIpc) is 2.58. The standard InChI is InChI=1S/C20H21F3N2O2S/c21-20(22,23)15-6-16(25-18(14(15)10-24)28-2-1-17(26)27)19-7-11-3-12(8-19)5-13(4-11)9-19/h6,11-13H,1-5,7-9H2,(H,26,27)/p-1. The monoisotopic (exact) mass is 409 g/mol. The van der Waals surface area contributed by atoms with E-state index < -0.39 is 23.3 Å². The number of thioether (sulfide) groups is 1. The minimum atomic E-state index is -4.66. The largest absolute Gasteiger partial charge is 0.550 e. The maximum absolute atomic E-state index is 13.7. The second-order valence-electron chi connectivity index (χ2n) is 8.51. The number of nitriles is 1. The first-order chi connectivity index (χ1) is 13.2. The predicted molar refractivity (Wildman–Crippen MR) is 94.2 cm³/mol. The molecule has 4 fully saturated rings. The van der Waals surface area contributed by atoms with Gasteiger partial charge < -0.3 is 9.90 Å². The van der Waals surface area contributed by atoms with Crippen molar-refractivity contribution in [2.75, 3.05) is 5.75 Å². The lowest BCUT2D eigenvalue weighted by Gasteiger charge is -2.56. The Morgan fingerprint density at radius 2 is 1.82 bits per heavy atom. The molecule has 1 heterocycles. The summed E-state index contributed by atoms with van der Waals surface area (Å²) in [4.78, 5) is 15.2. The van der Waals surface area contributed by atoms with Crippen LogP contribution in [0.2, 0.25) is 0 Å². The molecular formula is C20H20F3N2O2S-. The van der Waals surface area contributed by atoms with Crippen LogP contribution < -0.4 is 5.11 Å². The molecule has 0 amide bonds. The van der Waals surface area contributed by atoms with Crippen LogP contribution in [-0.2, 0) is 16.4 Å². The number of carboxylic acid groups (broad SMARTS) is 1. The maximum atomic E-state index is 13.7. The Morgan fingerprint density at radius 1 is 1.25 bits per heavy atom. The van der Waals surface area contributed by atoms with Gasteiger partial charge in [-0.1, -0.05) is 0 Å². The summed E-state index contributed by atoms with van der Waals surface area (Å²) in [5.41, 5.74) is -1.36. The Kier molecular flexibility index (Phi) is 4.85. The molecule has 1 aromatic heterocycles. The van der Waals surface area contributed by atoms with Crippen LogP contribution in [0.1, 0.15) is 61.8 Å². The summed E-state index contributed by atoms with van der Waals surface area (Å²) in [6.07, 6.45) is 1.10. The number of carboxylic acids is 1. The lowest BCUT2D eigenvalue weighted by Crippen LogP contribution is -2.49. The first kappa shape index (κ1) is 19.6. The van der Waals surface area contributed by atoms with Gasteiger partial charge in [0.25, 0.3) is 0 Å². The van der Waals surface area contributed by atoms with Crippen molar-refractivity contribution in [1.29, 1.82) is 5.26 Å². The molecule has 4 nitrogen and oxygen atoms in total. The van der Waals surface area contributed by atoms with Gasteiger partial charge in [-0.15, -0.1) is 11.8 Å². The van der Waals surface area contributed by atoms with Crippen LogP contribution in [-0.4, -0.2) is 16.7 Å². The van der Waals surface area contributed by atoms with Gasteiger partial charge in [0.15, 0.2) is 0 Å². The molecule has 1 aromatic rings. The van der Waals surface area contributed by atoms with Crippen LogP contribution >= 0.6 is 11.8 Å². The molecule has 150 valence electrons. The fourth-order valence-electron chi connectivity index (χ4n) is 5.88. The van der Waals surface area contributed by atoms with Gasteiger partial charge >= 0.3 is 6.18 Å². The second-order valence-corrected chi connectivity index (χ2v) is 9.60. The third-order valence-electron chi connectivity index (χ3n) is 6.53. The van der Waals surface area contributed by atoms with Crippen LogP contribution in [0.4, 0.5) is 13.2 Å². The van der Waals surface area contributed by atoms with Gasteiger partial charge in [-0.05, 0) is 68.8 Å². The number of carbonyl (C=O) groups excluding carboxylic acids is 1. The molecule has 4 saturated carbocycles. The number of halogens is 3. The molecule has 8 heteroatoms. The highest BCUT2D eigenvalue weighted by Crippen LogP contribution is 2.60. The zero-order valence-electron chi connectivity index (χ0n) is 15.2. The van der Waals surface area contributed by atoms with Crippen molar-refractivity contribution < 1.29 is 23.1 Å². The highest BCUT2D eigenvalue weighted by molar-refractivity contribution is 7.99. The van der Waals surface area contributed by atoms with Gasteiger partial charge in [0.05, 0.1) is 11.1 Å². The number of carbonyl (C=O) groups is 1. The number of alkyl halides is 3. The smallest absolute Gasteiger partial charge is 0.417 e. The normalized spacial score (nSPS) is 31.0. The molecule has 28 heavy (non-hydrogen) atoms. The predicted octanol–water partition coefficient (Wildman–Crippen LogP) is 3.67. The Bertz CT molecular complexity index is 812. The molecule has 0 unspecified atom stereocenters. The number of hydrogen-bond acceptors (Lipinski definition) is 5. The second kappa shape index (κ2) is 6.94. The molecule has 0 radical (unpaired) electrons. The molecule has 0 spiro atoms. The van der Waals surface area contributed by atoms with Gasteiger partial charge in [0, 0.05) is 22.8 Å². The van der Waals surface area contributed by atoms with Crippen LogP contribution in [0.5, 0.6) is 0 Å². The van der Waals surface area contributed by atoms with E-state index in [0.29, 0.717) is 23.4 Å². The lowest BCUT2D eigenvalue weighted by atomic mass is 9.48. The summed E-state index contributed by atoms with van der Waals surface area (Å²) in [7, 11) is 0. The number of rotatable bonds is 5. The van der Waals surface area contributed by atoms with Crippen molar-refractivity contribution in [3.05, 3.63) is 22.9 Å². The molecule has 0 saturated heterocycles. The topological polar surface area (TPSA) is 76.8 Å². The number of aliphatic carboxylic acids is 1. The minimum Gasteiger partial charge on any atom is -0.550 e. The van der Waals surface area contributed by atoms with E-state index in [1.54, 1.807) is 6.07 Å². The van der Waals surface area contributed by atoms with Crippen LogP contribution in [0, 0.1) is 29.1 Å². The van der Waals surface area contributed by atoms with Gasteiger partial charge in [-0.2, -0.15) is 18.4 Å². The summed E-state index contributed by atoms with van der Waals surface area (Å²) in [5, 5.41) is 20.0. The average molecular weight is 409 g/mol. The van der Waals surface area contributed by atoms with Crippen molar-refractivity contribution in [1.82, 2.24) is 4.98 Å². The molecule has 0 N–H and O–H groups in total. The van der Waals surface area contributed by atoms with E-state index in [4.69, 9.17) is 0 Å². The van der Waals surface area contributed by atoms with Crippen LogP contribution in [0.25, 0.3) is 0 Å². The number of hydrogen-bond donors (Lipinski definition) is 0. The van der Waals surface area contributed by atoms with Crippen molar-refractivity contribution in [2.45, 2.75) is 61.6 Å². The fraction of sp³-hybridized carbons (Fsp3) is 0.650. The van der Waals surface area contributed by atoms with Crippen molar-refractivity contribution in [2.24, 2.45) is 17.8 Å². The Labute approximate surface area is 165 Å². The van der Waals surface area contributed by atoms with Crippen molar-refractivity contribution in [3.63, 3.8) is 0 Å². The van der Waals surface area contributed by atoms with E-state index in [-0.39, 0.29) is 22.6 Å². The number of nitrogens with zero attached hydrogens (tertiary/aromatic N) is 2. The highest BCUT2D eigenvalue weighted by atomic mass is 32.2. The molecule has 0 atom stereocenters. The van der Waals surface area contributed by atoms with Crippen molar-refractivity contribution in [3.8, 4) is 6.07 Å². The molecule has 5 rings (SSSR count). The maximum Gasteiger partial charge on any atom is 0.417 e. The Balaban J connectivity index is 1.77. The molecule has 0 aliphatic heterocycles. The van der Waals surface area contributed by atoms with E-state index in [1.807, 2.05) is 0 Å². The van der Waals surface area contributed by atoms with Crippen LogP contribution in [0.3, 0.4) is 0 Å². The summed E-state index contributed by atoms with van der Waals surface area (Å²) in [5.74, 6) is 0.386. The summed E-state index contributed by atoms with van der Waals surface area (Å²) < 4.78 is 41.2. The fourth-order valence-corrected chi connectivity index (χ4v) is 6.81. The summed E-state index contributed by atoms with van der Waals surface area (Å²) >= 11 is 0.894. The van der Waals surface area contributed by atoms with Gasteiger partial charge in [0.1, 0.15) is 11.1 Å². The number of pyridine rings is 1. The molecule has 0 aromatic carbocycles. The molecule has 4 aliphatic carbocycles. The van der Waals surface area contributed by atoms with E-state index in [9.17, 15) is 28.3 Å². The van der Waals surface area contributed by atoms with Gasteiger partial charge in [-0.3, -0.25) is 0 Å². The van der Waals surface area contributed by atoms with E-state index in [2.05, 4.69) is 4.98 Å². The zero-order valence-corrected chi connectivity index (χ0v) is 16.0. The minimum absolute atomic E-state index is 0.00989. The first-order valence-electron chi connectivity index (χ1n) is 9.55. The Morgan fingerprint density at radius 3 is 2.29 bits per heavy atom. The summed E-state index contributed by atoms with van der Waals surface area (Å²) in [6.45, 7) is 0. The van der Waals surface area contributed by atoms with E-state index in [0.717, 1.165) is 56.4 Å². The van der Waals surface area contributed by atoms with E-state index >= 15 is 0 Å². The SMILES string of the molecule is N#Cc1c(C(F)(F)F)cc(C23CC4CC(CC(C4)C2)C3)nc1SCCC(=O)[O-]. The van der Waals surface area contributed by atoms with Crippen LogP contribution in [0.15, 0.2) is 11.1 Å². The van der Waals surface area contributed by atoms with E-state index in [1.165, 1.54) is 0 Å². The Hall–Kier alpha value is -1.75. The molecular weight excluding hydrogens is 389 g/mol. The van der Waals surface area contributed by atoms with Gasteiger partial charge in [-0.25, -0.2) is 4.98 Å². The molecule has 4 bridgehead atoms. The third kappa shape index (κ3) is 3.49. The number of aromatic nitrogens is 1. The first-order valence-corrected chi connectivity index (χ1v) is 10.5. The highest BCUT2D eigenvalue weighted by Gasteiger charge is 2.53. The quantitative estimate of drug-likeness (QED) is 0.694. The summed E-state index contributed by atoms with van der Waals surface area (Å²) in [6, 6.07) is 2.74. The zero-order chi connectivity index (χ0) is 20.1. The lowest BCUT2D eigenvalue weighted by molar-refractivity contribution is -0.305.